The van der Waals surface area contributed by atoms with Gasteiger partial charge in [-0.15, -0.1) is 10.2 Å². The minimum Gasteiger partial charge on any atom is -0.378 e. The molecule has 1 saturated heterocycles. The highest BCUT2D eigenvalue weighted by molar-refractivity contribution is 8.01. The highest BCUT2D eigenvalue weighted by atomic mass is 32.2. The molecule has 1 fully saturated rings. The Balaban J connectivity index is 1.79. The average Bonchev–Trinajstić information content (AvgIpc) is 3.07. The Labute approximate surface area is 156 Å². The van der Waals surface area contributed by atoms with E-state index in [9.17, 15) is 4.79 Å². The van der Waals surface area contributed by atoms with Crippen molar-refractivity contribution in [1.29, 1.82) is 0 Å². The van der Waals surface area contributed by atoms with Crippen LogP contribution in [0.25, 0.3) is 0 Å². The lowest BCUT2D eigenvalue weighted by molar-refractivity contribution is -0.134. The Morgan fingerprint density at radius 1 is 1.24 bits per heavy atom. The monoisotopic (exact) mass is 378 g/mol. The number of benzene rings is 1. The molecule has 2 aromatic rings. The van der Waals surface area contributed by atoms with Crippen LogP contribution >= 0.6 is 23.1 Å². The van der Waals surface area contributed by atoms with Crippen molar-refractivity contribution in [2.24, 2.45) is 0 Å². The molecule has 8 heteroatoms. The van der Waals surface area contributed by atoms with Gasteiger partial charge in [0.2, 0.25) is 11.0 Å². The van der Waals surface area contributed by atoms with Crippen molar-refractivity contribution >= 4 is 34.1 Å². The quantitative estimate of drug-likeness (QED) is 0.780. The fourth-order valence-electron chi connectivity index (χ4n) is 2.50. The average molecular weight is 379 g/mol. The van der Waals surface area contributed by atoms with Crippen LogP contribution in [0.1, 0.15) is 24.7 Å². The summed E-state index contributed by atoms with van der Waals surface area (Å²) in [5.74, 6) is 0.105. The molecule has 25 heavy (non-hydrogen) atoms. The molecule has 0 radical (unpaired) electrons. The minimum atomic E-state index is -0.320. The summed E-state index contributed by atoms with van der Waals surface area (Å²) in [6.07, 6.45) is 0. The molecule has 0 saturated carbocycles. The van der Waals surface area contributed by atoms with Gasteiger partial charge in [0.15, 0.2) is 4.34 Å². The van der Waals surface area contributed by atoms with Crippen molar-refractivity contribution in [3.05, 3.63) is 35.9 Å². The van der Waals surface area contributed by atoms with Gasteiger partial charge in [0, 0.05) is 19.1 Å². The maximum absolute atomic E-state index is 13.1. The van der Waals surface area contributed by atoms with Gasteiger partial charge >= 0.3 is 0 Å². The van der Waals surface area contributed by atoms with Crippen LogP contribution in [-0.4, -0.2) is 53.3 Å². The SMILES string of the molecule is CC(C)Nc1nnc(S[C@H](C(=O)N2CCOCC2)c2ccccc2)s1. The largest absolute Gasteiger partial charge is 0.378 e. The van der Waals surface area contributed by atoms with Crippen molar-refractivity contribution in [3.63, 3.8) is 0 Å². The van der Waals surface area contributed by atoms with Crippen LogP contribution in [0.5, 0.6) is 0 Å². The standard InChI is InChI=1S/C17H22N4O2S2/c1-12(2)18-16-19-20-17(25-16)24-14(13-6-4-3-5-7-13)15(22)21-8-10-23-11-9-21/h3-7,12,14H,8-11H2,1-2H3,(H,18,19)/t14-/m0/s1. The fraction of sp³-hybridized carbons (Fsp3) is 0.471. The van der Waals surface area contributed by atoms with Gasteiger partial charge in [-0.2, -0.15) is 0 Å². The highest BCUT2D eigenvalue weighted by Crippen LogP contribution is 2.39. The van der Waals surface area contributed by atoms with Crippen LogP contribution in [0.2, 0.25) is 0 Å². The number of hydrogen-bond donors (Lipinski definition) is 1. The van der Waals surface area contributed by atoms with Gasteiger partial charge in [-0.25, -0.2) is 0 Å². The van der Waals surface area contributed by atoms with Gasteiger partial charge in [-0.1, -0.05) is 53.4 Å². The van der Waals surface area contributed by atoms with E-state index in [4.69, 9.17) is 4.74 Å². The second-order valence-corrected chi connectivity index (χ2v) is 8.35. The first kappa shape index (κ1) is 18.2. The molecule has 1 aliphatic rings. The van der Waals surface area contributed by atoms with Crippen LogP contribution in [0.4, 0.5) is 5.13 Å². The fourth-order valence-corrected chi connectivity index (χ4v) is 4.68. The number of hydrogen-bond acceptors (Lipinski definition) is 7. The number of anilines is 1. The topological polar surface area (TPSA) is 67.4 Å². The zero-order valence-corrected chi connectivity index (χ0v) is 16.0. The maximum atomic E-state index is 13.1. The van der Waals surface area contributed by atoms with Crippen LogP contribution < -0.4 is 5.32 Å². The molecule has 1 aromatic heterocycles. The number of thioether (sulfide) groups is 1. The minimum absolute atomic E-state index is 0.105. The van der Waals surface area contributed by atoms with Crippen molar-refractivity contribution in [2.45, 2.75) is 29.5 Å². The van der Waals surface area contributed by atoms with Crippen molar-refractivity contribution in [1.82, 2.24) is 15.1 Å². The van der Waals surface area contributed by atoms with Gasteiger partial charge in [0.1, 0.15) is 5.25 Å². The van der Waals surface area contributed by atoms with Gasteiger partial charge in [-0.05, 0) is 19.4 Å². The molecule has 1 atom stereocenters. The number of carbonyl (C=O) groups is 1. The van der Waals surface area contributed by atoms with E-state index in [1.54, 1.807) is 0 Å². The molecule has 0 aliphatic carbocycles. The Morgan fingerprint density at radius 3 is 2.64 bits per heavy atom. The third-order valence-electron chi connectivity index (χ3n) is 3.69. The zero-order chi connectivity index (χ0) is 17.6. The first-order valence-corrected chi connectivity index (χ1v) is 10.0. The molecule has 1 N–H and O–H groups in total. The molecule has 0 bridgehead atoms. The van der Waals surface area contributed by atoms with Crippen molar-refractivity contribution in [2.75, 3.05) is 31.6 Å². The van der Waals surface area contributed by atoms with E-state index in [0.717, 1.165) is 15.0 Å². The normalized spacial score (nSPS) is 16.0. The molecule has 2 heterocycles. The van der Waals surface area contributed by atoms with Crippen LogP contribution in [-0.2, 0) is 9.53 Å². The summed E-state index contributed by atoms with van der Waals surface area (Å²) >= 11 is 2.95. The lowest BCUT2D eigenvalue weighted by Crippen LogP contribution is -2.42. The molecule has 1 aliphatic heterocycles. The summed E-state index contributed by atoms with van der Waals surface area (Å²) in [5.41, 5.74) is 0.984. The summed E-state index contributed by atoms with van der Waals surface area (Å²) in [4.78, 5) is 15.0. The first-order valence-electron chi connectivity index (χ1n) is 8.31. The molecular weight excluding hydrogens is 356 g/mol. The van der Waals surface area contributed by atoms with Crippen molar-refractivity contribution in [3.8, 4) is 0 Å². The van der Waals surface area contributed by atoms with Crippen LogP contribution in [0, 0.1) is 0 Å². The van der Waals surface area contributed by atoms with E-state index in [0.29, 0.717) is 32.3 Å². The van der Waals surface area contributed by atoms with E-state index < -0.39 is 0 Å². The Hall–Kier alpha value is -1.64. The molecule has 3 rings (SSSR count). The first-order chi connectivity index (χ1) is 12.1. The number of rotatable bonds is 6. The number of ether oxygens (including phenoxy) is 1. The number of nitrogens with zero attached hydrogens (tertiary/aromatic N) is 3. The number of aromatic nitrogens is 2. The number of carbonyl (C=O) groups excluding carboxylic acids is 1. The lowest BCUT2D eigenvalue weighted by atomic mass is 10.1. The third kappa shape index (κ3) is 4.93. The second-order valence-electron chi connectivity index (χ2n) is 6.02. The molecule has 0 spiro atoms. The molecule has 0 unspecified atom stereocenters. The molecule has 6 nitrogen and oxygen atoms in total. The van der Waals surface area contributed by atoms with E-state index >= 15 is 0 Å². The van der Waals surface area contributed by atoms with E-state index in [1.165, 1.54) is 23.1 Å². The molecule has 1 amide bonds. The van der Waals surface area contributed by atoms with E-state index in [2.05, 4.69) is 29.4 Å². The highest BCUT2D eigenvalue weighted by Gasteiger charge is 2.29. The second kappa shape index (κ2) is 8.64. The van der Waals surface area contributed by atoms with Gasteiger partial charge < -0.3 is 15.0 Å². The smallest absolute Gasteiger partial charge is 0.240 e. The summed E-state index contributed by atoms with van der Waals surface area (Å²) in [7, 11) is 0. The van der Waals surface area contributed by atoms with E-state index in [-0.39, 0.29) is 11.2 Å². The summed E-state index contributed by atoms with van der Waals surface area (Å²) in [5, 5.41) is 12.1. The summed E-state index contributed by atoms with van der Waals surface area (Å²) in [6, 6.07) is 10.2. The third-order valence-corrected chi connectivity index (χ3v) is 5.87. The summed E-state index contributed by atoms with van der Waals surface area (Å²) < 4.78 is 6.16. The van der Waals surface area contributed by atoms with Gasteiger partial charge in [0.05, 0.1) is 13.2 Å². The number of nitrogens with one attached hydrogen (secondary N) is 1. The van der Waals surface area contributed by atoms with Crippen LogP contribution in [0.3, 0.4) is 0 Å². The van der Waals surface area contributed by atoms with E-state index in [1.807, 2.05) is 35.2 Å². The summed E-state index contributed by atoms with van der Waals surface area (Å²) in [6.45, 7) is 6.59. The van der Waals surface area contributed by atoms with Crippen LogP contribution in [0.15, 0.2) is 34.7 Å². The van der Waals surface area contributed by atoms with Gasteiger partial charge in [-0.3, -0.25) is 4.79 Å². The Kier molecular flexibility index (Phi) is 6.28. The number of morpholine rings is 1. The van der Waals surface area contributed by atoms with Gasteiger partial charge in [0.25, 0.3) is 0 Å². The number of amides is 1. The Bertz CT molecular complexity index is 687. The molecular formula is C17H22N4O2S2. The zero-order valence-electron chi connectivity index (χ0n) is 14.3. The predicted molar refractivity (Wildman–Crippen MR) is 101 cm³/mol. The molecule has 134 valence electrons. The lowest BCUT2D eigenvalue weighted by Gasteiger charge is -2.30. The molecule has 1 aromatic carbocycles. The van der Waals surface area contributed by atoms with Crippen molar-refractivity contribution < 1.29 is 9.53 Å². The Morgan fingerprint density at radius 2 is 1.96 bits per heavy atom. The maximum Gasteiger partial charge on any atom is 0.240 e. The predicted octanol–water partition coefficient (Wildman–Crippen LogP) is 3.05.